The number of nitrogens with two attached hydrogens (primary N) is 2. The predicted molar refractivity (Wildman–Crippen MR) is 101 cm³/mol. The Morgan fingerprint density at radius 1 is 1.31 bits per heavy atom. The molecule has 1 aromatic heterocycles. The normalized spacial score (nSPS) is 11.7. The maximum atomic E-state index is 11.7. The maximum absolute atomic E-state index is 11.7. The molecule has 7 nitrogen and oxygen atoms in total. The molecule has 0 bridgehead atoms. The molecular weight excluding hydrogens is 332 g/mol. The summed E-state index contributed by atoms with van der Waals surface area (Å²) >= 11 is 0. The Labute approximate surface area is 152 Å². The van der Waals surface area contributed by atoms with E-state index >= 15 is 0 Å². The van der Waals surface area contributed by atoms with Gasteiger partial charge in [0.2, 0.25) is 11.8 Å². The average Bonchev–Trinajstić information content (AvgIpc) is 2.61. The zero-order chi connectivity index (χ0) is 19.1. The first kappa shape index (κ1) is 19.2. The van der Waals surface area contributed by atoms with Gasteiger partial charge in [0.25, 0.3) is 0 Å². The summed E-state index contributed by atoms with van der Waals surface area (Å²) in [5.41, 5.74) is 13.3. The molecule has 0 amide bonds. The summed E-state index contributed by atoms with van der Waals surface area (Å²) in [6.07, 6.45) is 3.94. The number of hydrogen-bond acceptors (Lipinski definition) is 7. The van der Waals surface area contributed by atoms with E-state index in [4.69, 9.17) is 16.2 Å². The minimum atomic E-state index is -0.330. The van der Waals surface area contributed by atoms with Gasteiger partial charge in [-0.1, -0.05) is 18.2 Å². The fourth-order valence-electron chi connectivity index (χ4n) is 2.75. The summed E-state index contributed by atoms with van der Waals surface area (Å²) in [5.74, 6) is -0.241. The highest BCUT2D eigenvalue weighted by Crippen LogP contribution is 2.27. The number of allylic oxidation sites excluding steroid dienone is 1. The first-order valence-electron chi connectivity index (χ1n) is 8.46. The molecule has 0 saturated carbocycles. The van der Waals surface area contributed by atoms with Crippen molar-refractivity contribution in [3.63, 3.8) is 0 Å². The second-order valence-electron chi connectivity index (χ2n) is 5.85. The van der Waals surface area contributed by atoms with E-state index in [0.29, 0.717) is 24.2 Å². The van der Waals surface area contributed by atoms with Crippen molar-refractivity contribution < 1.29 is 14.6 Å². The van der Waals surface area contributed by atoms with E-state index in [2.05, 4.69) is 16.5 Å². The standard InChI is InChI=1S/C19H24N4O3/c1-3-12(13-8-10-14(11-9-13)18(25)26-4-2)6-5-7-15-16(20)22-19(21)23-17(15)24/h3,8-12H,1,4-7H2,2H3,(H5,20,21,22,23,24). The highest BCUT2D eigenvalue weighted by molar-refractivity contribution is 5.89. The first-order chi connectivity index (χ1) is 12.5. The van der Waals surface area contributed by atoms with Crippen LogP contribution in [0.1, 0.15) is 47.2 Å². The number of rotatable bonds is 8. The second kappa shape index (κ2) is 8.84. The van der Waals surface area contributed by atoms with Gasteiger partial charge in [0, 0.05) is 5.92 Å². The number of nitrogen functional groups attached to an aromatic ring is 2. The third-order valence-electron chi connectivity index (χ3n) is 4.11. The smallest absolute Gasteiger partial charge is 0.338 e. The number of hydrogen-bond donors (Lipinski definition) is 3. The second-order valence-corrected chi connectivity index (χ2v) is 5.85. The summed E-state index contributed by atoms with van der Waals surface area (Å²) in [6, 6.07) is 7.30. The number of aromatic nitrogens is 2. The lowest BCUT2D eigenvalue weighted by Gasteiger charge is -2.14. The van der Waals surface area contributed by atoms with Crippen LogP contribution in [-0.4, -0.2) is 27.7 Å². The van der Waals surface area contributed by atoms with Gasteiger partial charge in [-0.15, -0.1) is 6.58 Å². The van der Waals surface area contributed by atoms with Gasteiger partial charge in [-0.05, 0) is 43.9 Å². The average molecular weight is 356 g/mol. The van der Waals surface area contributed by atoms with Crippen molar-refractivity contribution in [3.8, 4) is 5.88 Å². The van der Waals surface area contributed by atoms with Crippen molar-refractivity contribution in [2.75, 3.05) is 18.1 Å². The lowest BCUT2D eigenvalue weighted by atomic mass is 9.92. The Morgan fingerprint density at radius 2 is 2.00 bits per heavy atom. The summed E-state index contributed by atoms with van der Waals surface area (Å²) in [4.78, 5) is 19.3. The Kier molecular flexibility index (Phi) is 6.54. The molecule has 0 aliphatic carbocycles. The molecule has 1 aromatic carbocycles. The Morgan fingerprint density at radius 3 is 2.58 bits per heavy atom. The minimum Gasteiger partial charge on any atom is -0.493 e. The molecule has 0 radical (unpaired) electrons. The van der Waals surface area contributed by atoms with Crippen LogP contribution in [0, 0.1) is 0 Å². The first-order valence-corrected chi connectivity index (χ1v) is 8.46. The van der Waals surface area contributed by atoms with Gasteiger partial charge in [0.1, 0.15) is 5.82 Å². The molecule has 0 fully saturated rings. The van der Waals surface area contributed by atoms with E-state index in [1.807, 2.05) is 18.2 Å². The highest BCUT2D eigenvalue weighted by atomic mass is 16.5. The summed E-state index contributed by atoms with van der Waals surface area (Å²) in [5, 5.41) is 9.86. The third kappa shape index (κ3) is 4.72. The van der Waals surface area contributed by atoms with Crippen molar-refractivity contribution in [2.24, 2.45) is 0 Å². The molecule has 1 atom stereocenters. The topological polar surface area (TPSA) is 124 Å². The van der Waals surface area contributed by atoms with Crippen LogP contribution < -0.4 is 11.5 Å². The number of carbonyl (C=O) groups excluding carboxylic acids is 1. The van der Waals surface area contributed by atoms with Crippen LogP contribution >= 0.6 is 0 Å². The van der Waals surface area contributed by atoms with Crippen LogP contribution in [0.4, 0.5) is 11.8 Å². The van der Waals surface area contributed by atoms with Crippen LogP contribution in [0.2, 0.25) is 0 Å². The Bertz CT molecular complexity index is 752. The van der Waals surface area contributed by atoms with E-state index in [9.17, 15) is 9.90 Å². The summed E-state index contributed by atoms with van der Waals surface area (Å²) in [6.45, 7) is 6.01. The van der Waals surface area contributed by atoms with Crippen LogP contribution in [0.3, 0.4) is 0 Å². The lowest BCUT2D eigenvalue weighted by molar-refractivity contribution is 0.0526. The number of ether oxygens (including phenoxy) is 1. The largest absolute Gasteiger partial charge is 0.493 e. The third-order valence-corrected chi connectivity index (χ3v) is 4.11. The maximum Gasteiger partial charge on any atom is 0.338 e. The van der Waals surface area contributed by atoms with Crippen molar-refractivity contribution in [1.29, 1.82) is 0 Å². The summed E-state index contributed by atoms with van der Waals surface area (Å²) in [7, 11) is 0. The van der Waals surface area contributed by atoms with Gasteiger partial charge >= 0.3 is 5.97 Å². The molecular formula is C19H24N4O3. The molecule has 1 unspecified atom stereocenters. The van der Waals surface area contributed by atoms with Crippen LogP contribution in [0.5, 0.6) is 5.88 Å². The molecule has 26 heavy (non-hydrogen) atoms. The summed E-state index contributed by atoms with van der Waals surface area (Å²) < 4.78 is 4.98. The minimum absolute atomic E-state index is 0.0468. The van der Waals surface area contributed by atoms with Gasteiger partial charge < -0.3 is 21.3 Å². The Hall–Kier alpha value is -3.09. The van der Waals surface area contributed by atoms with Crippen LogP contribution in [-0.2, 0) is 11.2 Å². The number of benzene rings is 1. The molecule has 0 spiro atoms. The molecule has 2 rings (SSSR count). The van der Waals surface area contributed by atoms with Crippen molar-refractivity contribution in [2.45, 2.75) is 32.1 Å². The van der Waals surface area contributed by atoms with Crippen molar-refractivity contribution >= 4 is 17.7 Å². The fraction of sp³-hybridized carbons (Fsp3) is 0.316. The van der Waals surface area contributed by atoms with Crippen LogP contribution in [0.25, 0.3) is 0 Å². The van der Waals surface area contributed by atoms with E-state index in [1.165, 1.54) is 0 Å². The highest BCUT2D eigenvalue weighted by Gasteiger charge is 2.13. The molecule has 138 valence electrons. The lowest BCUT2D eigenvalue weighted by Crippen LogP contribution is -2.06. The SMILES string of the molecule is C=CC(CCCc1c(N)nc(N)nc1O)c1ccc(C(=O)OCC)cc1. The van der Waals surface area contributed by atoms with E-state index in [0.717, 1.165) is 18.4 Å². The van der Waals surface area contributed by atoms with Gasteiger partial charge in [-0.25, -0.2) is 4.79 Å². The fourth-order valence-corrected chi connectivity index (χ4v) is 2.75. The van der Waals surface area contributed by atoms with Gasteiger partial charge in [-0.3, -0.25) is 0 Å². The Balaban J connectivity index is 1.99. The van der Waals surface area contributed by atoms with Crippen LogP contribution in [0.15, 0.2) is 36.9 Å². The molecule has 0 aliphatic rings. The molecule has 5 N–H and O–H groups in total. The zero-order valence-electron chi connectivity index (χ0n) is 14.8. The molecule has 7 heteroatoms. The molecule has 1 heterocycles. The van der Waals surface area contributed by atoms with Gasteiger partial charge in [0.15, 0.2) is 0 Å². The predicted octanol–water partition coefficient (Wildman–Crippen LogP) is 2.82. The number of aromatic hydroxyl groups is 1. The molecule has 0 saturated heterocycles. The number of anilines is 2. The van der Waals surface area contributed by atoms with E-state index < -0.39 is 0 Å². The van der Waals surface area contributed by atoms with E-state index in [-0.39, 0.29) is 29.5 Å². The molecule has 2 aromatic rings. The monoisotopic (exact) mass is 356 g/mol. The van der Waals surface area contributed by atoms with Crippen molar-refractivity contribution in [1.82, 2.24) is 9.97 Å². The quantitative estimate of drug-likeness (QED) is 0.490. The number of esters is 1. The van der Waals surface area contributed by atoms with Gasteiger partial charge in [-0.2, -0.15) is 9.97 Å². The van der Waals surface area contributed by atoms with Gasteiger partial charge in [0.05, 0.1) is 17.7 Å². The number of carbonyl (C=O) groups is 1. The zero-order valence-corrected chi connectivity index (χ0v) is 14.8. The van der Waals surface area contributed by atoms with E-state index in [1.54, 1.807) is 19.1 Å². The van der Waals surface area contributed by atoms with Crippen molar-refractivity contribution in [3.05, 3.63) is 53.6 Å². The number of nitrogens with zero attached hydrogens (tertiary/aromatic N) is 2. The molecule has 0 aliphatic heterocycles.